The zero-order valence-corrected chi connectivity index (χ0v) is 14.9. The first-order valence-electron chi connectivity index (χ1n) is 9.82. The Kier molecular flexibility index (Phi) is 3.78. The molecule has 1 spiro atoms. The summed E-state index contributed by atoms with van der Waals surface area (Å²) in [4.78, 5) is 31.4. The van der Waals surface area contributed by atoms with Crippen LogP contribution in [0.3, 0.4) is 0 Å². The van der Waals surface area contributed by atoms with Gasteiger partial charge < -0.3 is 15.0 Å². The fourth-order valence-electron chi connectivity index (χ4n) is 4.72. The molecule has 0 bridgehead atoms. The monoisotopic (exact) mass is 355 g/mol. The molecular formula is C20H25N3O3. The first-order chi connectivity index (χ1) is 12.7. The van der Waals surface area contributed by atoms with E-state index in [1.807, 2.05) is 0 Å². The largest absolute Gasteiger partial charge is 0.381 e. The van der Waals surface area contributed by atoms with Crippen LogP contribution < -0.4 is 5.32 Å². The zero-order valence-electron chi connectivity index (χ0n) is 14.9. The van der Waals surface area contributed by atoms with E-state index in [4.69, 9.17) is 4.74 Å². The number of aromatic nitrogens is 1. The van der Waals surface area contributed by atoms with E-state index in [2.05, 4.69) is 15.2 Å². The molecule has 2 saturated heterocycles. The summed E-state index contributed by atoms with van der Waals surface area (Å²) in [5.41, 5.74) is 0.893. The summed E-state index contributed by atoms with van der Waals surface area (Å²) in [5, 5.41) is 2.84. The van der Waals surface area contributed by atoms with E-state index in [1.54, 1.807) is 18.3 Å². The maximum absolute atomic E-state index is 13.1. The average molecular weight is 355 g/mol. The third-order valence-corrected chi connectivity index (χ3v) is 6.47. The smallest absolute Gasteiger partial charge is 0.254 e. The molecule has 138 valence electrons. The molecule has 6 nitrogen and oxygen atoms in total. The lowest BCUT2D eigenvalue weighted by Gasteiger charge is -2.59. The van der Waals surface area contributed by atoms with Crippen LogP contribution in [0.4, 0.5) is 5.82 Å². The Morgan fingerprint density at radius 3 is 2.65 bits per heavy atom. The number of carbonyl (C=O) groups is 2. The van der Waals surface area contributed by atoms with Gasteiger partial charge in [-0.1, -0.05) is 0 Å². The molecule has 1 atom stereocenters. The molecule has 4 aliphatic rings. The Labute approximate surface area is 153 Å². The van der Waals surface area contributed by atoms with Gasteiger partial charge in [0.15, 0.2) is 0 Å². The summed E-state index contributed by atoms with van der Waals surface area (Å²) in [6.07, 6.45) is 8.12. The van der Waals surface area contributed by atoms with Crippen molar-refractivity contribution in [2.24, 2.45) is 17.3 Å². The maximum Gasteiger partial charge on any atom is 0.254 e. The van der Waals surface area contributed by atoms with Crippen molar-refractivity contribution in [1.29, 1.82) is 0 Å². The second kappa shape index (κ2) is 6.05. The minimum absolute atomic E-state index is 0.0167. The lowest BCUT2D eigenvalue weighted by Crippen LogP contribution is -2.68. The molecule has 2 saturated carbocycles. The van der Waals surface area contributed by atoms with Crippen LogP contribution >= 0.6 is 0 Å². The zero-order chi connectivity index (χ0) is 17.7. The van der Waals surface area contributed by atoms with Gasteiger partial charge in [0.05, 0.1) is 0 Å². The lowest BCUT2D eigenvalue weighted by molar-refractivity contribution is -0.120. The molecule has 1 aromatic rings. The molecule has 1 N–H and O–H groups in total. The predicted molar refractivity (Wildman–Crippen MR) is 95.6 cm³/mol. The van der Waals surface area contributed by atoms with Crippen molar-refractivity contribution in [3.05, 3.63) is 23.9 Å². The highest BCUT2D eigenvalue weighted by Crippen LogP contribution is 2.55. The number of ether oxygens (including phenoxy) is 1. The van der Waals surface area contributed by atoms with Crippen molar-refractivity contribution in [3.63, 3.8) is 0 Å². The highest BCUT2D eigenvalue weighted by Gasteiger charge is 2.59. The first kappa shape index (κ1) is 16.2. The van der Waals surface area contributed by atoms with Crippen molar-refractivity contribution < 1.29 is 14.3 Å². The summed E-state index contributed by atoms with van der Waals surface area (Å²) >= 11 is 0. The summed E-state index contributed by atoms with van der Waals surface area (Å²) in [6.45, 7) is 2.47. The quantitative estimate of drug-likeness (QED) is 0.901. The number of hydrogen-bond acceptors (Lipinski definition) is 4. The van der Waals surface area contributed by atoms with Crippen molar-refractivity contribution in [2.45, 2.75) is 44.6 Å². The van der Waals surface area contributed by atoms with Crippen molar-refractivity contribution in [2.75, 3.05) is 25.1 Å². The molecule has 2 amide bonds. The van der Waals surface area contributed by atoms with E-state index in [0.29, 0.717) is 23.3 Å². The molecule has 1 aromatic heterocycles. The first-order valence-corrected chi connectivity index (χ1v) is 9.82. The number of anilines is 1. The highest BCUT2D eigenvalue weighted by molar-refractivity contribution is 5.98. The summed E-state index contributed by atoms with van der Waals surface area (Å²) in [6, 6.07) is 3.84. The minimum Gasteiger partial charge on any atom is -0.381 e. The molecule has 4 fully saturated rings. The molecule has 6 heteroatoms. The molecule has 26 heavy (non-hydrogen) atoms. The van der Waals surface area contributed by atoms with Crippen LogP contribution in [0.15, 0.2) is 18.3 Å². The predicted octanol–water partition coefficient (Wildman–Crippen LogP) is 2.46. The van der Waals surface area contributed by atoms with E-state index >= 15 is 0 Å². The van der Waals surface area contributed by atoms with Crippen LogP contribution in [0.25, 0.3) is 0 Å². The summed E-state index contributed by atoms with van der Waals surface area (Å²) in [5.74, 6) is 1.35. The van der Waals surface area contributed by atoms with Crippen molar-refractivity contribution in [3.8, 4) is 0 Å². The normalized spacial score (nSPS) is 27.1. The van der Waals surface area contributed by atoms with Gasteiger partial charge in [-0.2, -0.15) is 0 Å². The van der Waals surface area contributed by atoms with Crippen LogP contribution in [0.5, 0.6) is 0 Å². The Morgan fingerprint density at radius 1 is 1.19 bits per heavy atom. The van der Waals surface area contributed by atoms with E-state index in [1.165, 1.54) is 12.8 Å². The average Bonchev–Trinajstić information content (AvgIpc) is 3.54. The number of amides is 2. The summed E-state index contributed by atoms with van der Waals surface area (Å²) < 4.78 is 5.55. The van der Waals surface area contributed by atoms with Crippen LogP contribution in [-0.4, -0.2) is 47.5 Å². The molecule has 1 unspecified atom stereocenters. The number of nitrogens with zero attached hydrogens (tertiary/aromatic N) is 2. The number of hydrogen-bond donors (Lipinski definition) is 1. The van der Waals surface area contributed by atoms with Crippen LogP contribution in [-0.2, 0) is 9.53 Å². The van der Waals surface area contributed by atoms with E-state index in [-0.39, 0.29) is 23.1 Å². The Bertz CT molecular complexity index is 736. The van der Waals surface area contributed by atoms with Gasteiger partial charge in [0.2, 0.25) is 5.91 Å². The SMILES string of the molecule is O=C(Nc1cc(C(=O)N2CC3(CCOCC3)C2C2CC2)ccn1)C1CC1. The van der Waals surface area contributed by atoms with Crippen LogP contribution in [0.2, 0.25) is 0 Å². The van der Waals surface area contributed by atoms with Gasteiger partial charge in [-0.3, -0.25) is 9.59 Å². The fourth-order valence-corrected chi connectivity index (χ4v) is 4.72. The molecule has 3 heterocycles. The number of likely N-dealkylation sites (tertiary alicyclic amines) is 1. The number of nitrogens with one attached hydrogen (secondary N) is 1. The Balaban J connectivity index is 1.32. The molecular weight excluding hydrogens is 330 g/mol. The van der Waals surface area contributed by atoms with E-state index in [9.17, 15) is 9.59 Å². The second-order valence-corrected chi connectivity index (χ2v) is 8.38. The third-order valence-electron chi connectivity index (χ3n) is 6.47. The van der Waals surface area contributed by atoms with Crippen LogP contribution in [0.1, 0.15) is 48.9 Å². The molecule has 0 radical (unpaired) electrons. The topological polar surface area (TPSA) is 71.5 Å². The van der Waals surface area contributed by atoms with Gasteiger partial charge in [0, 0.05) is 48.9 Å². The van der Waals surface area contributed by atoms with E-state index < -0.39 is 0 Å². The van der Waals surface area contributed by atoms with Crippen LogP contribution in [0, 0.1) is 17.3 Å². The number of pyridine rings is 1. The Hall–Kier alpha value is -1.95. The van der Waals surface area contributed by atoms with Gasteiger partial charge in [-0.25, -0.2) is 4.98 Å². The maximum atomic E-state index is 13.1. The fraction of sp³-hybridized carbons (Fsp3) is 0.650. The Morgan fingerprint density at radius 2 is 1.96 bits per heavy atom. The third kappa shape index (κ3) is 2.80. The number of carbonyl (C=O) groups excluding carboxylic acids is 2. The lowest BCUT2D eigenvalue weighted by atomic mass is 9.64. The number of rotatable bonds is 4. The summed E-state index contributed by atoms with van der Waals surface area (Å²) in [7, 11) is 0. The molecule has 2 aliphatic heterocycles. The van der Waals surface area contributed by atoms with Gasteiger partial charge in [0.25, 0.3) is 5.91 Å². The molecule has 5 rings (SSSR count). The minimum atomic E-state index is 0.0167. The van der Waals surface area contributed by atoms with Crippen molar-refractivity contribution >= 4 is 17.6 Å². The molecule has 2 aliphatic carbocycles. The second-order valence-electron chi connectivity index (χ2n) is 8.38. The van der Waals surface area contributed by atoms with Gasteiger partial charge in [0.1, 0.15) is 5.82 Å². The van der Waals surface area contributed by atoms with Gasteiger partial charge in [-0.15, -0.1) is 0 Å². The van der Waals surface area contributed by atoms with Gasteiger partial charge in [-0.05, 0) is 56.6 Å². The molecule has 0 aromatic carbocycles. The standard InChI is InChI=1S/C20H25N3O3/c24-18(14-3-4-14)22-16-11-15(5-8-21-16)19(25)23-12-20(6-9-26-10-7-20)17(23)13-1-2-13/h5,8,11,13-14,17H,1-4,6-7,9-10,12H2,(H,21,22,24). The van der Waals surface area contributed by atoms with Gasteiger partial charge >= 0.3 is 0 Å². The van der Waals surface area contributed by atoms with Crippen molar-refractivity contribution in [1.82, 2.24) is 9.88 Å². The highest BCUT2D eigenvalue weighted by atomic mass is 16.5. The van der Waals surface area contributed by atoms with E-state index in [0.717, 1.165) is 45.4 Å².